The first-order valence-electron chi connectivity index (χ1n) is 6.66. The normalized spacial score (nSPS) is 12.7. The van der Waals surface area contributed by atoms with E-state index in [4.69, 9.17) is 4.74 Å². The van der Waals surface area contributed by atoms with Gasteiger partial charge in [-0.1, -0.05) is 34.6 Å². The lowest BCUT2D eigenvalue weighted by atomic mass is 10.1. The van der Waals surface area contributed by atoms with Gasteiger partial charge in [0, 0.05) is 19.0 Å². The summed E-state index contributed by atoms with van der Waals surface area (Å²) in [6.07, 6.45) is 0.951. The zero-order valence-corrected chi connectivity index (χ0v) is 12.5. The molecule has 0 rings (SSSR count). The topological polar surface area (TPSA) is 46.6 Å². The second kappa shape index (κ2) is 8.11. The van der Waals surface area contributed by atoms with E-state index in [1.807, 2.05) is 13.8 Å². The van der Waals surface area contributed by atoms with E-state index in [9.17, 15) is 9.59 Å². The fourth-order valence-corrected chi connectivity index (χ4v) is 1.68. The summed E-state index contributed by atoms with van der Waals surface area (Å²) in [6.45, 7) is 11.0. The molecule has 4 nitrogen and oxygen atoms in total. The fraction of sp³-hybridized carbons (Fsp3) is 0.857. The molecule has 0 aromatic rings. The molecule has 18 heavy (non-hydrogen) atoms. The van der Waals surface area contributed by atoms with Crippen molar-refractivity contribution in [3.63, 3.8) is 0 Å². The molecule has 0 aromatic heterocycles. The van der Waals surface area contributed by atoms with Crippen LogP contribution < -0.4 is 0 Å². The lowest BCUT2D eigenvalue weighted by Gasteiger charge is -2.27. The molecule has 0 aliphatic heterocycles. The number of nitrogens with zero attached hydrogens (tertiary/aromatic N) is 1. The van der Waals surface area contributed by atoms with Crippen LogP contribution in [0.3, 0.4) is 0 Å². The summed E-state index contributed by atoms with van der Waals surface area (Å²) in [6, 6.07) is 0. The molecular formula is C14H27NO3. The van der Waals surface area contributed by atoms with E-state index in [0.717, 1.165) is 6.42 Å². The van der Waals surface area contributed by atoms with Crippen molar-refractivity contribution in [3.8, 4) is 0 Å². The van der Waals surface area contributed by atoms with E-state index < -0.39 is 0 Å². The number of rotatable bonds is 7. The number of methoxy groups -OCH3 is 1. The van der Waals surface area contributed by atoms with Crippen molar-refractivity contribution >= 4 is 11.9 Å². The standard InChI is InChI=1S/C14H27NO3/c1-10(2)7-8-15(13(16)11(3)4)9-12(5)14(17)18-6/h10-12H,7-9H2,1-6H3. The average molecular weight is 257 g/mol. The second-order valence-corrected chi connectivity index (χ2v) is 5.55. The first-order chi connectivity index (χ1) is 8.29. The van der Waals surface area contributed by atoms with Gasteiger partial charge in [-0.05, 0) is 12.3 Å². The maximum Gasteiger partial charge on any atom is 0.310 e. The smallest absolute Gasteiger partial charge is 0.310 e. The molecule has 0 aromatic carbocycles. The van der Waals surface area contributed by atoms with E-state index >= 15 is 0 Å². The number of hydrogen-bond donors (Lipinski definition) is 0. The molecule has 106 valence electrons. The van der Waals surface area contributed by atoms with Gasteiger partial charge >= 0.3 is 5.97 Å². The second-order valence-electron chi connectivity index (χ2n) is 5.55. The highest BCUT2D eigenvalue weighted by atomic mass is 16.5. The molecule has 0 radical (unpaired) electrons. The van der Waals surface area contributed by atoms with Gasteiger partial charge in [-0.2, -0.15) is 0 Å². The summed E-state index contributed by atoms with van der Waals surface area (Å²) in [7, 11) is 1.38. The van der Waals surface area contributed by atoms with Gasteiger partial charge in [-0.15, -0.1) is 0 Å². The lowest BCUT2D eigenvalue weighted by molar-refractivity contribution is -0.147. The third-order valence-corrected chi connectivity index (χ3v) is 2.88. The van der Waals surface area contributed by atoms with Crippen LogP contribution in [0.15, 0.2) is 0 Å². The third-order valence-electron chi connectivity index (χ3n) is 2.88. The Morgan fingerprint density at radius 3 is 2.06 bits per heavy atom. The maximum atomic E-state index is 12.1. The Hall–Kier alpha value is -1.06. The summed E-state index contributed by atoms with van der Waals surface area (Å²) in [4.78, 5) is 25.3. The fourth-order valence-electron chi connectivity index (χ4n) is 1.68. The minimum Gasteiger partial charge on any atom is -0.469 e. The summed E-state index contributed by atoms with van der Waals surface area (Å²) < 4.78 is 4.70. The Kier molecular flexibility index (Phi) is 7.64. The molecular weight excluding hydrogens is 230 g/mol. The number of carbonyl (C=O) groups excluding carboxylic acids is 2. The predicted octanol–water partition coefficient (Wildman–Crippen LogP) is 2.33. The zero-order chi connectivity index (χ0) is 14.3. The molecule has 0 aliphatic carbocycles. The average Bonchev–Trinajstić information content (AvgIpc) is 2.31. The van der Waals surface area contributed by atoms with Crippen molar-refractivity contribution in [1.29, 1.82) is 0 Å². The minimum atomic E-state index is -0.273. The first-order valence-corrected chi connectivity index (χ1v) is 6.66. The van der Waals surface area contributed by atoms with Crippen molar-refractivity contribution in [1.82, 2.24) is 4.90 Å². The summed E-state index contributed by atoms with van der Waals surface area (Å²) in [5, 5.41) is 0. The molecule has 0 bridgehead atoms. The Bertz CT molecular complexity index is 274. The number of hydrogen-bond acceptors (Lipinski definition) is 3. The van der Waals surface area contributed by atoms with Gasteiger partial charge in [0.25, 0.3) is 0 Å². The van der Waals surface area contributed by atoms with Crippen LogP contribution in [0.4, 0.5) is 0 Å². The van der Waals surface area contributed by atoms with Gasteiger partial charge in [-0.25, -0.2) is 0 Å². The van der Waals surface area contributed by atoms with Gasteiger partial charge in [0.15, 0.2) is 0 Å². The SMILES string of the molecule is COC(=O)C(C)CN(CCC(C)C)C(=O)C(C)C. The van der Waals surface area contributed by atoms with Gasteiger partial charge in [0.05, 0.1) is 13.0 Å². The van der Waals surface area contributed by atoms with Crippen molar-refractivity contribution in [2.45, 2.75) is 41.0 Å². The molecule has 1 unspecified atom stereocenters. The Morgan fingerprint density at radius 1 is 1.11 bits per heavy atom. The molecule has 0 heterocycles. The number of esters is 1. The van der Waals surface area contributed by atoms with E-state index in [-0.39, 0.29) is 23.7 Å². The van der Waals surface area contributed by atoms with Crippen LogP contribution in [-0.4, -0.2) is 37.0 Å². The first kappa shape index (κ1) is 16.9. The maximum absolute atomic E-state index is 12.1. The highest BCUT2D eigenvalue weighted by Gasteiger charge is 2.23. The van der Waals surface area contributed by atoms with E-state index in [2.05, 4.69) is 13.8 Å². The van der Waals surface area contributed by atoms with Crippen LogP contribution in [0.5, 0.6) is 0 Å². The van der Waals surface area contributed by atoms with Crippen molar-refractivity contribution in [2.75, 3.05) is 20.2 Å². The van der Waals surface area contributed by atoms with Crippen LogP contribution in [0, 0.1) is 17.8 Å². The van der Waals surface area contributed by atoms with Crippen LogP contribution >= 0.6 is 0 Å². The van der Waals surface area contributed by atoms with Gasteiger partial charge in [0.1, 0.15) is 0 Å². The van der Waals surface area contributed by atoms with Crippen LogP contribution in [0.2, 0.25) is 0 Å². The Balaban J connectivity index is 4.56. The number of amides is 1. The van der Waals surface area contributed by atoms with E-state index in [1.54, 1.807) is 11.8 Å². The van der Waals surface area contributed by atoms with Gasteiger partial charge in [0.2, 0.25) is 5.91 Å². The van der Waals surface area contributed by atoms with Gasteiger partial charge in [-0.3, -0.25) is 9.59 Å². The monoisotopic (exact) mass is 257 g/mol. The highest BCUT2D eigenvalue weighted by Crippen LogP contribution is 2.10. The molecule has 0 aliphatic rings. The number of ether oxygens (including phenoxy) is 1. The quantitative estimate of drug-likeness (QED) is 0.658. The molecule has 1 atom stereocenters. The molecule has 0 fully saturated rings. The predicted molar refractivity (Wildman–Crippen MR) is 72.1 cm³/mol. The van der Waals surface area contributed by atoms with Crippen LogP contribution in [0.25, 0.3) is 0 Å². The summed E-state index contributed by atoms with van der Waals surface area (Å²) >= 11 is 0. The van der Waals surface area contributed by atoms with Crippen LogP contribution in [-0.2, 0) is 14.3 Å². The molecule has 0 N–H and O–H groups in total. The van der Waals surface area contributed by atoms with Crippen molar-refractivity contribution < 1.29 is 14.3 Å². The molecule has 0 spiro atoms. The van der Waals surface area contributed by atoms with Crippen molar-refractivity contribution in [2.24, 2.45) is 17.8 Å². The zero-order valence-electron chi connectivity index (χ0n) is 12.5. The minimum absolute atomic E-state index is 0.0398. The summed E-state index contributed by atoms with van der Waals surface area (Å²) in [5.41, 5.74) is 0. The van der Waals surface area contributed by atoms with E-state index in [1.165, 1.54) is 7.11 Å². The number of carbonyl (C=O) groups is 2. The summed E-state index contributed by atoms with van der Waals surface area (Å²) in [5.74, 6) is 0.0697. The Morgan fingerprint density at radius 2 is 1.67 bits per heavy atom. The largest absolute Gasteiger partial charge is 0.469 e. The van der Waals surface area contributed by atoms with Crippen molar-refractivity contribution in [3.05, 3.63) is 0 Å². The van der Waals surface area contributed by atoms with Crippen LogP contribution in [0.1, 0.15) is 41.0 Å². The third kappa shape index (κ3) is 6.03. The van der Waals surface area contributed by atoms with E-state index in [0.29, 0.717) is 19.0 Å². The molecule has 0 saturated carbocycles. The highest BCUT2D eigenvalue weighted by molar-refractivity contribution is 5.79. The molecule has 4 heteroatoms. The molecule has 1 amide bonds. The molecule has 0 saturated heterocycles. The Labute approximate surface area is 111 Å². The van der Waals surface area contributed by atoms with Gasteiger partial charge < -0.3 is 9.64 Å². The lowest BCUT2D eigenvalue weighted by Crippen LogP contribution is -2.40.